The minimum atomic E-state index is 0.811. The van der Waals surface area contributed by atoms with Gasteiger partial charge in [0.2, 0.25) is 0 Å². The van der Waals surface area contributed by atoms with E-state index >= 15 is 0 Å². The number of rotatable bonds is 1. The van der Waals surface area contributed by atoms with Crippen molar-refractivity contribution in [2.24, 2.45) is 0 Å². The van der Waals surface area contributed by atoms with Crippen LogP contribution in [0.25, 0.3) is 16.1 Å². The largest absolute Gasteiger partial charge is 0.355 e. The zero-order chi connectivity index (χ0) is 12.8. The van der Waals surface area contributed by atoms with E-state index < -0.39 is 0 Å². The third-order valence-corrected chi connectivity index (χ3v) is 4.69. The molecule has 4 rings (SSSR count). The number of aryl methyl sites for hydroxylation is 1. The molecule has 0 atom stereocenters. The van der Waals surface area contributed by atoms with Crippen molar-refractivity contribution in [3.63, 3.8) is 0 Å². The third kappa shape index (κ3) is 1.63. The third-order valence-electron chi connectivity index (χ3n) is 3.74. The van der Waals surface area contributed by atoms with Gasteiger partial charge in [-0.2, -0.15) is 4.98 Å². The normalized spacial score (nSPS) is 16.6. The van der Waals surface area contributed by atoms with Crippen molar-refractivity contribution in [1.82, 2.24) is 19.4 Å². The maximum Gasteiger partial charge on any atom is 0.196 e. The molecule has 3 aromatic rings. The Morgan fingerprint density at radius 3 is 2.84 bits per heavy atom. The topological polar surface area (TPSA) is 46.3 Å². The van der Waals surface area contributed by atoms with E-state index in [9.17, 15) is 0 Å². The number of hydrogen-bond donors (Lipinski definition) is 0. The van der Waals surface area contributed by atoms with Crippen molar-refractivity contribution in [3.05, 3.63) is 17.4 Å². The molecule has 1 fully saturated rings. The molecule has 1 aliphatic heterocycles. The van der Waals surface area contributed by atoms with Gasteiger partial charge in [0.1, 0.15) is 11.8 Å². The zero-order valence-corrected chi connectivity index (χ0v) is 11.7. The Bertz CT molecular complexity index is 738. The summed E-state index contributed by atoms with van der Waals surface area (Å²) in [6.07, 6.45) is 5.45. The second-order valence-corrected chi connectivity index (χ2v) is 5.86. The van der Waals surface area contributed by atoms with Crippen LogP contribution in [0.15, 0.2) is 11.7 Å². The quantitative estimate of drug-likeness (QED) is 0.684. The molecule has 5 nitrogen and oxygen atoms in total. The van der Waals surface area contributed by atoms with Crippen LogP contribution in [0.5, 0.6) is 0 Å². The van der Waals surface area contributed by atoms with E-state index in [1.165, 1.54) is 25.0 Å². The summed E-state index contributed by atoms with van der Waals surface area (Å²) in [6, 6.07) is 0. The molecule has 0 aliphatic carbocycles. The van der Waals surface area contributed by atoms with Gasteiger partial charge in [0.25, 0.3) is 0 Å². The second-order valence-electron chi connectivity index (χ2n) is 5.02. The van der Waals surface area contributed by atoms with E-state index in [-0.39, 0.29) is 0 Å². The number of aromatic nitrogens is 4. The lowest BCUT2D eigenvalue weighted by Gasteiger charge is -2.27. The van der Waals surface area contributed by atoms with Crippen LogP contribution < -0.4 is 4.90 Å². The van der Waals surface area contributed by atoms with Gasteiger partial charge in [-0.25, -0.2) is 9.97 Å². The highest BCUT2D eigenvalue weighted by atomic mass is 32.1. The number of piperidine rings is 1. The molecule has 6 heteroatoms. The molecule has 0 N–H and O–H groups in total. The van der Waals surface area contributed by atoms with Crippen molar-refractivity contribution < 1.29 is 0 Å². The Morgan fingerprint density at radius 2 is 2.00 bits per heavy atom. The molecule has 19 heavy (non-hydrogen) atoms. The Kier molecular flexibility index (Phi) is 2.44. The number of imidazole rings is 1. The van der Waals surface area contributed by atoms with Gasteiger partial charge >= 0.3 is 0 Å². The van der Waals surface area contributed by atoms with Crippen LogP contribution in [-0.4, -0.2) is 32.4 Å². The van der Waals surface area contributed by atoms with Crippen LogP contribution in [0.2, 0.25) is 0 Å². The lowest BCUT2D eigenvalue weighted by atomic mass is 10.1. The first-order valence-electron chi connectivity index (χ1n) is 6.67. The smallest absolute Gasteiger partial charge is 0.196 e. The minimum absolute atomic E-state index is 0.811. The van der Waals surface area contributed by atoms with Crippen LogP contribution in [0.3, 0.4) is 0 Å². The lowest BCUT2D eigenvalue weighted by molar-refractivity contribution is 0.574. The number of anilines is 1. The standard InChI is InChI=1S/C13H15N5S/c1-9-7-19-13-16-11-10(18(9)13)12(15-8-14-11)17-5-3-2-4-6-17/h7-8H,2-6H2,1H3. The monoisotopic (exact) mass is 273 g/mol. The summed E-state index contributed by atoms with van der Waals surface area (Å²) in [5.74, 6) is 1.04. The Morgan fingerprint density at radius 1 is 1.16 bits per heavy atom. The van der Waals surface area contributed by atoms with Gasteiger partial charge < -0.3 is 4.90 Å². The summed E-state index contributed by atoms with van der Waals surface area (Å²) in [4.78, 5) is 16.8. The highest BCUT2D eigenvalue weighted by Gasteiger charge is 2.20. The fourth-order valence-corrected chi connectivity index (χ4v) is 3.67. The molecule has 0 radical (unpaired) electrons. The van der Waals surface area contributed by atoms with Crippen molar-refractivity contribution >= 4 is 33.3 Å². The van der Waals surface area contributed by atoms with E-state index in [1.807, 2.05) is 0 Å². The van der Waals surface area contributed by atoms with Crippen LogP contribution in [0.1, 0.15) is 25.0 Å². The fourth-order valence-electron chi connectivity index (χ4n) is 2.81. The van der Waals surface area contributed by atoms with Gasteiger partial charge in [-0.3, -0.25) is 4.40 Å². The number of hydrogen-bond acceptors (Lipinski definition) is 5. The Hall–Kier alpha value is -1.69. The van der Waals surface area contributed by atoms with E-state index in [0.29, 0.717) is 0 Å². The number of fused-ring (bicyclic) bond motifs is 3. The molecule has 3 aromatic heterocycles. The zero-order valence-electron chi connectivity index (χ0n) is 10.8. The molecule has 4 heterocycles. The lowest BCUT2D eigenvalue weighted by Crippen LogP contribution is -2.30. The molecule has 0 amide bonds. The fraction of sp³-hybridized carbons (Fsp3) is 0.462. The molecule has 0 spiro atoms. The average Bonchev–Trinajstić information content (AvgIpc) is 2.99. The molecule has 0 saturated carbocycles. The Balaban J connectivity index is 2.00. The summed E-state index contributed by atoms with van der Waals surface area (Å²) < 4.78 is 2.18. The highest BCUT2D eigenvalue weighted by Crippen LogP contribution is 2.29. The predicted molar refractivity (Wildman–Crippen MR) is 77.0 cm³/mol. The van der Waals surface area contributed by atoms with Gasteiger partial charge in [0, 0.05) is 24.2 Å². The van der Waals surface area contributed by atoms with Crippen molar-refractivity contribution in [1.29, 1.82) is 0 Å². The molecular formula is C13H15N5S. The van der Waals surface area contributed by atoms with E-state index in [1.54, 1.807) is 17.7 Å². The van der Waals surface area contributed by atoms with Crippen molar-refractivity contribution in [3.8, 4) is 0 Å². The molecule has 0 bridgehead atoms. The van der Waals surface area contributed by atoms with Crippen molar-refractivity contribution in [2.75, 3.05) is 18.0 Å². The van der Waals surface area contributed by atoms with E-state index in [0.717, 1.165) is 35.0 Å². The van der Waals surface area contributed by atoms with Crippen LogP contribution >= 0.6 is 11.3 Å². The van der Waals surface area contributed by atoms with Gasteiger partial charge in [-0.1, -0.05) is 0 Å². The van der Waals surface area contributed by atoms with Gasteiger partial charge in [0.15, 0.2) is 16.4 Å². The molecular weight excluding hydrogens is 258 g/mol. The van der Waals surface area contributed by atoms with E-state index in [4.69, 9.17) is 0 Å². The molecule has 1 aliphatic rings. The average molecular weight is 273 g/mol. The van der Waals surface area contributed by atoms with Crippen LogP contribution in [0.4, 0.5) is 5.82 Å². The van der Waals surface area contributed by atoms with Crippen molar-refractivity contribution in [2.45, 2.75) is 26.2 Å². The number of nitrogens with zero attached hydrogens (tertiary/aromatic N) is 5. The summed E-state index contributed by atoms with van der Waals surface area (Å²) in [7, 11) is 0. The first-order chi connectivity index (χ1) is 9.34. The van der Waals surface area contributed by atoms with E-state index in [2.05, 4.69) is 36.6 Å². The summed E-state index contributed by atoms with van der Waals surface area (Å²) in [6.45, 7) is 4.28. The van der Waals surface area contributed by atoms with Gasteiger partial charge in [-0.15, -0.1) is 11.3 Å². The molecule has 1 saturated heterocycles. The summed E-state index contributed by atoms with van der Waals surface area (Å²) in [5, 5.41) is 2.13. The molecule has 0 unspecified atom stereocenters. The SMILES string of the molecule is Cc1csc2nc3ncnc(N4CCCCC4)c3n12. The number of thiazole rings is 1. The van der Waals surface area contributed by atoms with Gasteiger partial charge in [0.05, 0.1) is 0 Å². The van der Waals surface area contributed by atoms with Gasteiger partial charge in [-0.05, 0) is 26.2 Å². The molecule has 0 aromatic carbocycles. The maximum atomic E-state index is 4.60. The predicted octanol–water partition coefficient (Wildman–Crippen LogP) is 2.64. The highest BCUT2D eigenvalue weighted by molar-refractivity contribution is 7.15. The summed E-state index contributed by atoms with van der Waals surface area (Å²) >= 11 is 1.66. The van der Waals surface area contributed by atoms with Crippen LogP contribution in [-0.2, 0) is 0 Å². The van der Waals surface area contributed by atoms with Crippen LogP contribution in [0, 0.1) is 6.92 Å². The second kappa shape index (κ2) is 4.16. The minimum Gasteiger partial charge on any atom is -0.355 e. The first kappa shape index (κ1) is 11.2. The molecule has 98 valence electrons. The Labute approximate surface area is 114 Å². The summed E-state index contributed by atoms with van der Waals surface area (Å²) in [5.41, 5.74) is 3.08. The maximum absolute atomic E-state index is 4.60. The first-order valence-corrected chi connectivity index (χ1v) is 7.55.